The van der Waals surface area contributed by atoms with Gasteiger partial charge in [0.25, 0.3) is 0 Å². The lowest BCUT2D eigenvalue weighted by Gasteiger charge is -2.23. The molecule has 0 aromatic carbocycles. The van der Waals surface area contributed by atoms with Crippen LogP contribution in [0.5, 0.6) is 0 Å². The molecular formula is C19H27N7S. The molecule has 3 rings (SSSR count). The van der Waals surface area contributed by atoms with E-state index in [1.165, 1.54) is 10.6 Å². The Hall–Kier alpha value is -2.61. The zero-order chi connectivity index (χ0) is 19.2. The summed E-state index contributed by atoms with van der Waals surface area (Å²) in [6.07, 6.45) is 3.05. The predicted molar refractivity (Wildman–Crippen MR) is 110 cm³/mol. The Balaban J connectivity index is 1.69. The molecule has 0 radical (unpaired) electrons. The Morgan fingerprint density at radius 1 is 1.26 bits per heavy atom. The Labute approximate surface area is 164 Å². The molecule has 0 saturated carbocycles. The monoisotopic (exact) mass is 385 g/mol. The van der Waals surface area contributed by atoms with Crippen LogP contribution in [0, 0.1) is 6.92 Å². The van der Waals surface area contributed by atoms with E-state index >= 15 is 0 Å². The second-order valence-corrected chi connectivity index (χ2v) is 7.62. The van der Waals surface area contributed by atoms with Gasteiger partial charge < -0.3 is 19.4 Å². The average molecular weight is 386 g/mol. The van der Waals surface area contributed by atoms with E-state index in [2.05, 4.69) is 74.9 Å². The summed E-state index contributed by atoms with van der Waals surface area (Å²) in [6, 6.07) is 8.45. The summed E-state index contributed by atoms with van der Waals surface area (Å²) < 4.78 is 4.11. The number of nitrogens with zero attached hydrogens (tertiary/aromatic N) is 6. The van der Waals surface area contributed by atoms with Crippen LogP contribution in [0.4, 0.5) is 0 Å². The standard InChI is InChI=1S/C19H27N7S/c1-15-22-23-18(26(15)4)13-21-19(20-10-9-17-8-6-12-27-17)25(3)14-16-7-5-11-24(16)2/h5-8,11-12H,9-10,13-14H2,1-4H3,(H,20,21). The molecule has 0 amide bonds. The third-order valence-electron chi connectivity index (χ3n) is 4.60. The highest BCUT2D eigenvalue weighted by Crippen LogP contribution is 2.09. The molecule has 3 aromatic rings. The number of aromatic nitrogens is 4. The second-order valence-electron chi connectivity index (χ2n) is 6.58. The van der Waals surface area contributed by atoms with Crippen molar-refractivity contribution in [3.05, 3.63) is 58.1 Å². The maximum Gasteiger partial charge on any atom is 0.194 e. The third-order valence-corrected chi connectivity index (χ3v) is 5.54. The van der Waals surface area contributed by atoms with Crippen molar-refractivity contribution >= 4 is 17.3 Å². The van der Waals surface area contributed by atoms with Crippen LogP contribution in [0.2, 0.25) is 0 Å². The first-order chi connectivity index (χ1) is 13.0. The summed E-state index contributed by atoms with van der Waals surface area (Å²) in [7, 11) is 6.09. The van der Waals surface area contributed by atoms with E-state index in [1.54, 1.807) is 11.3 Å². The summed E-state index contributed by atoms with van der Waals surface area (Å²) in [4.78, 5) is 8.32. The van der Waals surface area contributed by atoms with Crippen LogP contribution in [0.25, 0.3) is 0 Å². The van der Waals surface area contributed by atoms with E-state index in [9.17, 15) is 0 Å². The number of hydrogen-bond donors (Lipinski definition) is 1. The van der Waals surface area contributed by atoms with Gasteiger partial charge in [0.2, 0.25) is 0 Å². The molecule has 8 heteroatoms. The summed E-state index contributed by atoms with van der Waals surface area (Å²) in [5.41, 5.74) is 1.24. The van der Waals surface area contributed by atoms with E-state index in [0.29, 0.717) is 6.54 Å². The minimum atomic E-state index is 0.496. The van der Waals surface area contributed by atoms with Crippen LogP contribution in [-0.4, -0.2) is 43.8 Å². The minimum absolute atomic E-state index is 0.496. The van der Waals surface area contributed by atoms with Gasteiger partial charge in [-0.1, -0.05) is 6.07 Å². The number of rotatable bonds is 7. The van der Waals surface area contributed by atoms with Crippen molar-refractivity contribution in [2.75, 3.05) is 13.6 Å². The molecule has 0 bridgehead atoms. The van der Waals surface area contributed by atoms with Crippen LogP contribution >= 0.6 is 11.3 Å². The molecule has 1 N–H and O–H groups in total. The van der Waals surface area contributed by atoms with Crippen molar-refractivity contribution in [1.29, 1.82) is 0 Å². The van der Waals surface area contributed by atoms with Gasteiger partial charge in [0, 0.05) is 44.5 Å². The first-order valence-electron chi connectivity index (χ1n) is 9.01. The van der Waals surface area contributed by atoms with Crippen LogP contribution in [0.3, 0.4) is 0 Å². The van der Waals surface area contributed by atoms with Gasteiger partial charge in [0.15, 0.2) is 11.8 Å². The van der Waals surface area contributed by atoms with Gasteiger partial charge in [0.1, 0.15) is 12.4 Å². The van der Waals surface area contributed by atoms with Gasteiger partial charge in [-0.2, -0.15) is 0 Å². The van der Waals surface area contributed by atoms with Crippen molar-refractivity contribution in [3.8, 4) is 0 Å². The maximum absolute atomic E-state index is 4.80. The lowest BCUT2D eigenvalue weighted by atomic mass is 10.3. The van der Waals surface area contributed by atoms with Gasteiger partial charge in [-0.3, -0.25) is 0 Å². The fourth-order valence-electron chi connectivity index (χ4n) is 2.78. The zero-order valence-electron chi connectivity index (χ0n) is 16.4. The SMILES string of the molecule is Cc1nnc(CN=C(NCCc2cccs2)N(C)Cc2cccn2C)n1C. The van der Waals surface area contributed by atoms with Crippen molar-refractivity contribution in [1.82, 2.24) is 29.5 Å². The van der Waals surface area contributed by atoms with Gasteiger partial charge in [-0.15, -0.1) is 21.5 Å². The highest BCUT2D eigenvalue weighted by molar-refractivity contribution is 7.09. The molecule has 3 heterocycles. The highest BCUT2D eigenvalue weighted by atomic mass is 32.1. The quantitative estimate of drug-likeness (QED) is 0.501. The first kappa shape index (κ1) is 19.2. The van der Waals surface area contributed by atoms with E-state index in [0.717, 1.165) is 37.1 Å². The lowest BCUT2D eigenvalue weighted by molar-refractivity contribution is 0.460. The number of aliphatic imine (C=N–C) groups is 1. The van der Waals surface area contributed by atoms with Gasteiger partial charge >= 0.3 is 0 Å². The van der Waals surface area contributed by atoms with Crippen molar-refractivity contribution in [2.45, 2.75) is 26.4 Å². The van der Waals surface area contributed by atoms with Crippen LogP contribution in [0.1, 0.15) is 22.2 Å². The number of nitrogens with one attached hydrogen (secondary N) is 1. The molecular weight excluding hydrogens is 358 g/mol. The minimum Gasteiger partial charge on any atom is -0.356 e. The first-order valence-corrected chi connectivity index (χ1v) is 9.89. The van der Waals surface area contributed by atoms with Crippen LogP contribution in [0.15, 0.2) is 40.8 Å². The molecule has 0 aliphatic heterocycles. The second kappa shape index (κ2) is 8.85. The predicted octanol–water partition coefficient (Wildman–Crippen LogP) is 2.34. The smallest absolute Gasteiger partial charge is 0.194 e. The molecule has 0 unspecified atom stereocenters. The molecule has 0 fully saturated rings. The fourth-order valence-corrected chi connectivity index (χ4v) is 3.49. The van der Waals surface area contributed by atoms with Crippen molar-refractivity contribution in [3.63, 3.8) is 0 Å². The molecule has 144 valence electrons. The molecule has 0 aliphatic carbocycles. The van der Waals surface area contributed by atoms with Gasteiger partial charge in [0.05, 0.1) is 6.54 Å². The summed E-state index contributed by atoms with van der Waals surface area (Å²) in [6.45, 7) is 4.07. The topological polar surface area (TPSA) is 63.3 Å². The summed E-state index contributed by atoms with van der Waals surface area (Å²) in [5, 5.41) is 13.9. The summed E-state index contributed by atoms with van der Waals surface area (Å²) in [5.74, 6) is 2.62. The number of aryl methyl sites for hydroxylation is 2. The molecule has 7 nitrogen and oxygen atoms in total. The molecule has 27 heavy (non-hydrogen) atoms. The van der Waals surface area contributed by atoms with Crippen LogP contribution < -0.4 is 5.32 Å². The van der Waals surface area contributed by atoms with Gasteiger partial charge in [-0.25, -0.2) is 4.99 Å². The molecule has 0 aliphatic rings. The number of thiophene rings is 1. The zero-order valence-corrected chi connectivity index (χ0v) is 17.2. The van der Waals surface area contributed by atoms with Crippen molar-refractivity contribution < 1.29 is 0 Å². The van der Waals surface area contributed by atoms with Gasteiger partial charge in [-0.05, 0) is 36.9 Å². The summed E-state index contributed by atoms with van der Waals surface area (Å²) >= 11 is 1.79. The molecule has 3 aromatic heterocycles. The van der Waals surface area contributed by atoms with E-state index in [1.807, 2.05) is 18.5 Å². The maximum atomic E-state index is 4.80. The van der Waals surface area contributed by atoms with E-state index in [4.69, 9.17) is 4.99 Å². The highest BCUT2D eigenvalue weighted by Gasteiger charge is 2.11. The third kappa shape index (κ3) is 4.97. The van der Waals surface area contributed by atoms with E-state index in [-0.39, 0.29) is 0 Å². The Bertz CT molecular complexity index is 876. The number of hydrogen-bond acceptors (Lipinski definition) is 4. The lowest BCUT2D eigenvalue weighted by Crippen LogP contribution is -2.39. The van der Waals surface area contributed by atoms with Crippen molar-refractivity contribution in [2.24, 2.45) is 19.1 Å². The Morgan fingerprint density at radius 2 is 2.11 bits per heavy atom. The number of guanidine groups is 1. The van der Waals surface area contributed by atoms with E-state index < -0.39 is 0 Å². The molecule has 0 spiro atoms. The average Bonchev–Trinajstić information content (AvgIpc) is 3.37. The molecule has 0 saturated heterocycles. The Morgan fingerprint density at radius 3 is 2.74 bits per heavy atom. The largest absolute Gasteiger partial charge is 0.356 e. The molecule has 0 atom stereocenters. The van der Waals surface area contributed by atoms with Crippen LogP contribution in [-0.2, 0) is 33.6 Å². The normalized spacial score (nSPS) is 11.8. The Kier molecular flexibility index (Phi) is 6.28. The fraction of sp³-hybridized carbons (Fsp3) is 0.421.